The molecule has 0 aliphatic heterocycles. The molecule has 0 spiro atoms. The molecule has 0 aromatic heterocycles. The number of rotatable bonds is 3. The van der Waals surface area contributed by atoms with Crippen molar-refractivity contribution in [2.45, 2.75) is 26.7 Å². The third kappa shape index (κ3) is 5.48. The summed E-state index contributed by atoms with van der Waals surface area (Å²) >= 11 is 0. The fourth-order valence-electron chi connectivity index (χ4n) is 0.526. The second kappa shape index (κ2) is 6.48. The quantitative estimate of drug-likeness (QED) is 0.387. The first-order valence-corrected chi connectivity index (χ1v) is 3.14. The molecule has 0 aliphatic rings. The second-order valence-corrected chi connectivity index (χ2v) is 1.72. The predicted molar refractivity (Wildman–Crippen MR) is 38.9 cm³/mol. The summed E-state index contributed by atoms with van der Waals surface area (Å²) in [4.78, 5) is 0. The Bertz CT molecular complexity index is 66.0. The first kappa shape index (κ1) is 7.48. The normalized spacial score (nSPS) is 11.8. The van der Waals surface area contributed by atoms with Crippen LogP contribution in [0.15, 0.2) is 24.3 Å². The molecule has 0 aliphatic carbocycles. The summed E-state index contributed by atoms with van der Waals surface area (Å²) in [6, 6.07) is 0. The molecule has 0 saturated heterocycles. The smallest absolute Gasteiger partial charge is 0.0316 e. The molecule has 0 unspecified atom stereocenters. The van der Waals surface area contributed by atoms with E-state index in [-0.39, 0.29) is 0 Å². The minimum atomic E-state index is 1.18. The summed E-state index contributed by atoms with van der Waals surface area (Å²) in [5, 5.41) is 0. The number of hydrogen-bond acceptors (Lipinski definition) is 0. The first-order chi connectivity index (χ1) is 3.91. The van der Waals surface area contributed by atoms with Gasteiger partial charge in [0.15, 0.2) is 0 Å². The molecule has 0 aromatic rings. The average molecular weight is 110 g/mol. The Balaban J connectivity index is 2.93. The van der Waals surface area contributed by atoms with E-state index in [0.717, 1.165) is 0 Å². The lowest BCUT2D eigenvalue weighted by atomic mass is 10.3. The Labute approximate surface area is 51.9 Å². The van der Waals surface area contributed by atoms with Crippen LogP contribution in [0.3, 0.4) is 0 Å². The van der Waals surface area contributed by atoms with E-state index in [4.69, 9.17) is 0 Å². The highest BCUT2D eigenvalue weighted by atomic mass is 13.8. The molecule has 0 atom stereocenters. The Kier molecular flexibility index (Phi) is 6.06. The fraction of sp³-hybridized carbons (Fsp3) is 0.500. The fourth-order valence-corrected chi connectivity index (χ4v) is 0.526. The van der Waals surface area contributed by atoms with Crippen molar-refractivity contribution in [3.63, 3.8) is 0 Å². The van der Waals surface area contributed by atoms with E-state index in [1.807, 2.05) is 0 Å². The van der Waals surface area contributed by atoms with Gasteiger partial charge in [-0.2, -0.15) is 0 Å². The third-order valence-electron chi connectivity index (χ3n) is 0.971. The molecule has 0 amide bonds. The van der Waals surface area contributed by atoms with Gasteiger partial charge in [-0.15, -0.1) is 0 Å². The molecule has 8 heavy (non-hydrogen) atoms. The maximum atomic E-state index is 2.18. The highest BCUT2D eigenvalue weighted by Crippen LogP contribution is 1.90. The van der Waals surface area contributed by atoms with Gasteiger partial charge in [-0.05, 0) is 26.7 Å². The van der Waals surface area contributed by atoms with Crippen LogP contribution in [0.4, 0.5) is 0 Å². The molecule has 0 nitrogen and oxygen atoms in total. The maximum absolute atomic E-state index is 2.18. The molecule has 46 valence electrons. The molecule has 0 radical (unpaired) electrons. The predicted octanol–water partition coefficient (Wildman–Crippen LogP) is 2.92. The summed E-state index contributed by atoms with van der Waals surface area (Å²) in [5.74, 6) is 0. The zero-order valence-corrected chi connectivity index (χ0v) is 5.72. The monoisotopic (exact) mass is 110 g/mol. The Morgan fingerprint density at radius 2 is 1.25 bits per heavy atom. The molecular formula is C8H14. The summed E-state index contributed by atoms with van der Waals surface area (Å²) < 4.78 is 0. The lowest BCUT2D eigenvalue weighted by Crippen LogP contribution is -1.60. The van der Waals surface area contributed by atoms with Gasteiger partial charge in [-0.3, -0.25) is 0 Å². The topological polar surface area (TPSA) is 0 Å². The van der Waals surface area contributed by atoms with E-state index in [1.165, 1.54) is 12.8 Å². The van der Waals surface area contributed by atoms with Crippen LogP contribution in [-0.4, -0.2) is 0 Å². The Hall–Kier alpha value is -0.520. The minimum Gasteiger partial charge on any atom is -0.0917 e. The van der Waals surface area contributed by atoms with Crippen molar-refractivity contribution < 1.29 is 0 Å². The summed E-state index contributed by atoms with van der Waals surface area (Å²) in [6.45, 7) is 4.10. The lowest BCUT2D eigenvalue weighted by Gasteiger charge is -1.81. The van der Waals surface area contributed by atoms with Crippen molar-refractivity contribution >= 4 is 0 Å². The highest BCUT2D eigenvalue weighted by molar-refractivity contribution is 4.83. The van der Waals surface area contributed by atoms with E-state index in [2.05, 4.69) is 38.2 Å². The molecule has 0 saturated carbocycles. The van der Waals surface area contributed by atoms with Gasteiger partial charge in [0.05, 0.1) is 0 Å². The summed E-state index contributed by atoms with van der Waals surface area (Å²) in [5.41, 5.74) is 0. The van der Waals surface area contributed by atoms with Gasteiger partial charge >= 0.3 is 0 Å². The van der Waals surface area contributed by atoms with Crippen LogP contribution in [0, 0.1) is 0 Å². The van der Waals surface area contributed by atoms with Crippen LogP contribution in [0.2, 0.25) is 0 Å². The first-order valence-electron chi connectivity index (χ1n) is 3.14. The van der Waals surface area contributed by atoms with Crippen molar-refractivity contribution in [1.29, 1.82) is 0 Å². The van der Waals surface area contributed by atoms with E-state index >= 15 is 0 Å². The maximum Gasteiger partial charge on any atom is -0.0316 e. The van der Waals surface area contributed by atoms with Gasteiger partial charge in [0, 0.05) is 0 Å². The van der Waals surface area contributed by atoms with E-state index in [1.54, 1.807) is 0 Å². The molecular weight excluding hydrogens is 96.1 g/mol. The molecule has 0 aromatic carbocycles. The van der Waals surface area contributed by atoms with Crippen LogP contribution < -0.4 is 0 Å². The van der Waals surface area contributed by atoms with Crippen LogP contribution in [0.1, 0.15) is 26.7 Å². The number of allylic oxidation sites excluding steroid dienone is 4. The Morgan fingerprint density at radius 3 is 1.50 bits per heavy atom. The molecule has 0 bridgehead atoms. The number of unbranched alkanes of at least 4 members (excludes halogenated alkanes) is 1. The van der Waals surface area contributed by atoms with Crippen molar-refractivity contribution in [2.24, 2.45) is 0 Å². The van der Waals surface area contributed by atoms with Crippen molar-refractivity contribution in [2.75, 3.05) is 0 Å². The summed E-state index contributed by atoms with van der Waals surface area (Å²) in [6.07, 6.45) is 10.9. The van der Waals surface area contributed by atoms with Crippen LogP contribution in [-0.2, 0) is 0 Å². The zero-order chi connectivity index (χ0) is 6.24. The van der Waals surface area contributed by atoms with Gasteiger partial charge < -0.3 is 0 Å². The average Bonchev–Trinajstić information content (AvgIpc) is 1.81. The van der Waals surface area contributed by atoms with Crippen molar-refractivity contribution in [1.82, 2.24) is 0 Å². The standard InChI is InChI=1S/C8H14/c1-3-5-7-8-6-4-2/h3-6H,7-8H2,1-2H3/b5-3+,6-4+. The molecule has 0 fully saturated rings. The lowest BCUT2D eigenvalue weighted by molar-refractivity contribution is 1.05. The zero-order valence-electron chi connectivity index (χ0n) is 5.72. The van der Waals surface area contributed by atoms with Crippen LogP contribution in [0.25, 0.3) is 0 Å². The van der Waals surface area contributed by atoms with Crippen molar-refractivity contribution in [3.8, 4) is 0 Å². The van der Waals surface area contributed by atoms with Gasteiger partial charge in [0.25, 0.3) is 0 Å². The van der Waals surface area contributed by atoms with Crippen molar-refractivity contribution in [3.05, 3.63) is 24.3 Å². The highest BCUT2D eigenvalue weighted by Gasteiger charge is 1.70. The van der Waals surface area contributed by atoms with Gasteiger partial charge in [-0.1, -0.05) is 24.3 Å². The van der Waals surface area contributed by atoms with Crippen LogP contribution in [0.5, 0.6) is 0 Å². The van der Waals surface area contributed by atoms with E-state index < -0.39 is 0 Å². The SMILES string of the molecule is C/C=C/CC/C=C/C. The largest absolute Gasteiger partial charge is 0.0917 e. The van der Waals surface area contributed by atoms with Gasteiger partial charge in [-0.25, -0.2) is 0 Å². The molecule has 0 N–H and O–H groups in total. The molecule has 0 heteroatoms. The van der Waals surface area contributed by atoms with E-state index in [9.17, 15) is 0 Å². The molecule has 0 heterocycles. The third-order valence-corrected chi connectivity index (χ3v) is 0.971. The van der Waals surface area contributed by atoms with Gasteiger partial charge in [0.1, 0.15) is 0 Å². The molecule has 0 rings (SSSR count). The minimum absolute atomic E-state index is 1.18. The summed E-state index contributed by atoms with van der Waals surface area (Å²) in [7, 11) is 0. The van der Waals surface area contributed by atoms with Gasteiger partial charge in [0.2, 0.25) is 0 Å². The number of hydrogen-bond donors (Lipinski definition) is 0. The second-order valence-electron chi connectivity index (χ2n) is 1.72. The Morgan fingerprint density at radius 1 is 0.875 bits per heavy atom. The van der Waals surface area contributed by atoms with E-state index in [0.29, 0.717) is 0 Å². The van der Waals surface area contributed by atoms with Crippen LogP contribution >= 0.6 is 0 Å².